The fourth-order valence-electron chi connectivity index (χ4n) is 2.41. The number of hydrogen-bond donors (Lipinski definition) is 1. The molecule has 3 rings (SSSR count). The van der Waals surface area contributed by atoms with Crippen LogP contribution in [0.15, 0.2) is 35.2 Å². The number of nitrogens with one attached hydrogen (secondary N) is 1. The van der Waals surface area contributed by atoms with Gasteiger partial charge in [-0.15, -0.1) is 0 Å². The number of ether oxygens (including phenoxy) is 1. The molecule has 0 saturated heterocycles. The number of benzene rings is 2. The summed E-state index contributed by atoms with van der Waals surface area (Å²) in [6.07, 6.45) is 0. The zero-order chi connectivity index (χ0) is 20.7. The summed E-state index contributed by atoms with van der Waals surface area (Å²) in [5.74, 6) is -1.25. The number of fused-ring (bicyclic) bond motifs is 1. The van der Waals surface area contributed by atoms with E-state index in [0.717, 1.165) is 24.3 Å². The number of aromatic amines is 1. The lowest BCUT2D eigenvalue weighted by Gasteiger charge is -2.12. The van der Waals surface area contributed by atoms with Crippen molar-refractivity contribution in [2.75, 3.05) is 0 Å². The lowest BCUT2D eigenvalue weighted by Crippen LogP contribution is -2.23. The van der Waals surface area contributed by atoms with Gasteiger partial charge in [-0.2, -0.15) is 28.8 Å². The zero-order valence-electron chi connectivity index (χ0n) is 13.4. The topological polar surface area (TPSA) is 120 Å². The second kappa shape index (κ2) is 6.51. The van der Waals surface area contributed by atoms with Gasteiger partial charge >= 0.3 is 5.51 Å². The molecular formula is C16H6F4N4O3S. The molecule has 1 aromatic heterocycles. The predicted octanol–water partition coefficient (Wildman–Crippen LogP) is 3.53. The summed E-state index contributed by atoms with van der Waals surface area (Å²) in [5, 5.41) is 23.3. The van der Waals surface area contributed by atoms with Crippen molar-refractivity contribution in [3.05, 3.63) is 47.4 Å². The Bertz CT molecular complexity index is 1280. The van der Waals surface area contributed by atoms with Gasteiger partial charge < -0.3 is 4.74 Å². The number of alkyl halides is 3. The number of rotatable bonds is 3. The summed E-state index contributed by atoms with van der Waals surface area (Å²) >= 11 is 0. The summed E-state index contributed by atoms with van der Waals surface area (Å²) in [7, 11) is -5.74. The molecule has 7 nitrogen and oxygen atoms in total. The van der Waals surface area contributed by atoms with Crippen molar-refractivity contribution in [3.8, 4) is 23.6 Å². The minimum absolute atomic E-state index is 0.0878. The van der Waals surface area contributed by atoms with Crippen LogP contribution in [0.4, 0.5) is 17.6 Å². The molecule has 0 bridgehead atoms. The van der Waals surface area contributed by atoms with Gasteiger partial charge in [-0.05, 0) is 24.3 Å². The van der Waals surface area contributed by atoms with Gasteiger partial charge in [0.25, 0.3) is 9.84 Å². The van der Waals surface area contributed by atoms with E-state index in [9.17, 15) is 26.0 Å². The van der Waals surface area contributed by atoms with Crippen LogP contribution in [0.2, 0.25) is 0 Å². The molecule has 1 N–H and O–H groups in total. The van der Waals surface area contributed by atoms with Crippen molar-refractivity contribution >= 4 is 20.7 Å². The smallest absolute Gasteiger partial charge is 0.456 e. The molecule has 0 radical (unpaired) electrons. The largest absolute Gasteiger partial charge is 0.501 e. The number of nitriles is 2. The summed E-state index contributed by atoms with van der Waals surface area (Å²) in [4.78, 5) is -1.15. The van der Waals surface area contributed by atoms with E-state index >= 15 is 0 Å². The first kappa shape index (κ1) is 19.1. The first-order valence-electron chi connectivity index (χ1n) is 7.19. The zero-order valence-corrected chi connectivity index (χ0v) is 14.2. The van der Waals surface area contributed by atoms with Crippen LogP contribution in [0, 0.1) is 28.5 Å². The second-order valence-electron chi connectivity index (χ2n) is 5.33. The molecule has 0 unspecified atom stereocenters. The maximum atomic E-state index is 13.6. The first-order chi connectivity index (χ1) is 13.1. The Labute approximate surface area is 154 Å². The van der Waals surface area contributed by atoms with Crippen LogP contribution in [-0.4, -0.2) is 24.1 Å². The van der Waals surface area contributed by atoms with Crippen LogP contribution < -0.4 is 4.74 Å². The maximum absolute atomic E-state index is 13.6. The highest BCUT2D eigenvalue weighted by atomic mass is 32.2. The molecule has 0 spiro atoms. The van der Waals surface area contributed by atoms with E-state index in [1.807, 2.05) is 0 Å². The number of sulfone groups is 1. The van der Waals surface area contributed by atoms with E-state index in [0.29, 0.717) is 6.07 Å². The van der Waals surface area contributed by atoms with Gasteiger partial charge in [0.15, 0.2) is 5.69 Å². The quantitative estimate of drug-likeness (QED) is 0.660. The van der Waals surface area contributed by atoms with Gasteiger partial charge in [0, 0.05) is 6.07 Å². The highest BCUT2D eigenvalue weighted by Gasteiger charge is 2.48. The minimum Gasteiger partial charge on any atom is -0.456 e. The minimum atomic E-state index is -5.74. The molecule has 0 atom stereocenters. The summed E-state index contributed by atoms with van der Waals surface area (Å²) in [5.41, 5.74) is -6.69. The Morgan fingerprint density at radius 1 is 1.11 bits per heavy atom. The Balaban J connectivity index is 2.23. The lowest BCUT2D eigenvalue weighted by atomic mass is 10.2. The van der Waals surface area contributed by atoms with Crippen LogP contribution in [0.25, 0.3) is 10.9 Å². The average Bonchev–Trinajstić information content (AvgIpc) is 3.04. The van der Waals surface area contributed by atoms with E-state index in [1.54, 1.807) is 12.1 Å². The van der Waals surface area contributed by atoms with Crippen molar-refractivity contribution in [3.63, 3.8) is 0 Å². The van der Waals surface area contributed by atoms with Gasteiger partial charge in [-0.3, -0.25) is 5.10 Å². The fourth-order valence-corrected chi connectivity index (χ4v) is 3.32. The van der Waals surface area contributed by atoms with Crippen molar-refractivity contribution in [1.82, 2.24) is 10.2 Å². The second-order valence-corrected chi connectivity index (χ2v) is 7.24. The number of H-pyrrole nitrogens is 1. The molecule has 142 valence electrons. The van der Waals surface area contributed by atoms with E-state index in [2.05, 4.69) is 10.2 Å². The number of halogens is 4. The average molecular weight is 410 g/mol. The summed E-state index contributed by atoms with van der Waals surface area (Å²) < 4.78 is 81.3. The Hall–Kier alpha value is -3.64. The Kier molecular flexibility index (Phi) is 4.45. The molecule has 2 aromatic carbocycles. The van der Waals surface area contributed by atoms with Crippen molar-refractivity contribution in [1.29, 1.82) is 10.5 Å². The maximum Gasteiger partial charge on any atom is 0.501 e. The summed E-state index contributed by atoms with van der Waals surface area (Å²) in [6.45, 7) is 0. The highest BCUT2D eigenvalue weighted by molar-refractivity contribution is 7.92. The molecule has 0 amide bonds. The molecule has 0 fully saturated rings. The third kappa shape index (κ3) is 3.10. The molecule has 1 heterocycles. The van der Waals surface area contributed by atoms with Gasteiger partial charge in [-0.25, -0.2) is 12.8 Å². The van der Waals surface area contributed by atoms with E-state index < -0.39 is 37.3 Å². The lowest BCUT2D eigenvalue weighted by molar-refractivity contribution is -0.0435. The molecule has 0 saturated carbocycles. The monoisotopic (exact) mass is 410 g/mol. The molecule has 0 aliphatic heterocycles. The number of nitrogens with zero attached hydrogens (tertiary/aromatic N) is 3. The van der Waals surface area contributed by atoms with E-state index in [1.165, 1.54) is 0 Å². The number of hydrogen-bond acceptors (Lipinski definition) is 6. The molecule has 0 aliphatic rings. The van der Waals surface area contributed by atoms with Gasteiger partial charge in [0.1, 0.15) is 28.3 Å². The third-order valence-corrected chi connectivity index (χ3v) is 5.10. The fraction of sp³-hybridized carbons (Fsp3) is 0.0625. The van der Waals surface area contributed by atoms with Crippen LogP contribution >= 0.6 is 0 Å². The molecule has 28 heavy (non-hydrogen) atoms. The molecule has 0 aliphatic carbocycles. The third-order valence-electron chi connectivity index (χ3n) is 3.57. The van der Waals surface area contributed by atoms with Crippen molar-refractivity contribution in [2.45, 2.75) is 10.4 Å². The standard InChI is InChI=1S/C16H6F4N4O3S/c17-9-3-8(6-21)4-10(5-9)27-12-1-2-13(28(25,26)16(18,19)20)15-14(12)11(7-22)23-24-15/h1-5H,(H,23,24). The van der Waals surface area contributed by atoms with Gasteiger partial charge in [0.05, 0.1) is 22.5 Å². The number of aromatic nitrogens is 2. The van der Waals surface area contributed by atoms with E-state index in [4.69, 9.17) is 15.3 Å². The van der Waals surface area contributed by atoms with Crippen molar-refractivity contribution in [2.24, 2.45) is 0 Å². The summed E-state index contributed by atoms with van der Waals surface area (Å²) in [6, 6.07) is 7.80. The first-order valence-corrected chi connectivity index (χ1v) is 8.68. The van der Waals surface area contributed by atoms with Crippen molar-refractivity contribution < 1.29 is 30.7 Å². The SMILES string of the molecule is N#Cc1cc(F)cc(Oc2ccc(S(=O)(=O)C(F)(F)F)c3[nH]nc(C#N)c23)c1. The van der Waals surface area contributed by atoms with Crippen LogP contribution in [0.3, 0.4) is 0 Å². The van der Waals surface area contributed by atoms with Crippen LogP contribution in [0.1, 0.15) is 11.3 Å². The molecular weight excluding hydrogens is 404 g/mol. The Morgan fingerprint density at radius 2 is 1.82 bits per heavy atom. The normalized spacial score (nSPS) is 11.8. The van der Waals surface area contributed by atoms with Crippen LogP contribution in [0.5, 0.6) is 11.5 Å². The Morgan fingerprint density at radius 3 is 2.43 bits per heavy atom. The highest BCUT2D eigenvalue weighted by Crippen LogP contribution is 2.39. The van der Waals surface area contributed by atoms with Gasteiger partial charge in [-0.1, -0.05) is 0 Å². The predicted molar refractivity (Wildman–Crippen MR) is 85.2 cm³/mol. The van der Waals surface area contributed by atoms with E-state index in [-0.39, 0.29) is 22.4 Å². The van der Waals surface area contributed by atoms with Gasteiger partial charge in [0.2, 0.25) is 0 Å². The van der Waals surface area contributed by atoms with Crippen LogP contribution in [-0.2, 0) is 9.84 Å². The molecule has 3 aromatic rings. The molecule has 12 heteroatoms.